The highest BCUT2D eigenvalue weighted by Crippen LogP contribution is 2.55. The summed E-state index contributed by atoms with van der Waals surface area (Å²) >= 11 is 0. The van der Waals surface area contributed by atoms with E-state index in [0.717, 1.165) is 16.2 Å². The van der Waals surface area contributed by atoms with E-state index in [1.165, 1.54) is 0 Å². The monoisotopic (exact) mass is 417 g/mol. The third-order valence-electron chi connectivity index (χ3n) is 5.29. The van der Waals surface area contributed by atoms with Crippen molar-refractivity contribution in [3.63, 3.8) is 0 Å². The molecule has 1 unspecified atom stereocenters. The second-order valence-corrected chi connectivity index (χ2v) is 9.76. The van der Waals surface area contributed by atoms with Crippen molar-refractivity contribution in [2.75, 3.05) is 13.2 Å². The van der Waals surface area contributed by atoms with Crippen LogP contribution in [0.3, 0.4) is 0 Å². The lowest BCUT2D eigenvalue weighted by molar-refractivity contribution is -0.138. The van der Waals surface area contributed by atoms with Crippen LogP contribution in [0.15, 0.2) is 103 Å². The van der Waals surface area contributed by atoms with Gasteiger partial charge in [0.2, 0.25) is 7.29 Å². The summed E-state index contributed by atoms with van der Waals surface area (Å²) in [7, 11) is -3.22. The van der Waals surface area contributed by atoms with Crippen LogP contribution >= 0.6 is 7.29 Å². The molecule has 3 aromatic carbocycles. The minimum atomic E-state index is -3.22. The van der Waals surface area contributed by atoms with E-state index in [2.05, 4.69) is 0 Å². The van der Waals surface area contributed by atoms with Crippen LogP contribution in [0.2, 0.25) is 0 Å². The highest BCUT2D eigenvalue weighted by atomic mass is 31.2. The van der Waals surface area contributed by atoms with Gasteiger partial charge < -0.3 is 4.74 Å². The summed E-state index contributed by atoms with van der Waals surface area (Å²) in [5.41, 5.74) is 1.46. The summed E-state index contributed by atoms with van der Waals surface area (Å²) in [6.45, 7) is 2.49. The van der Waals surface area contributed by atoms with Gasteiger partial charge in [-0.1, -0.05) is 72.8 Å². The summed E-state index contributed by atoms with van der Waals surface area (Å²) in [6, 6.07) is 28.3. The molecule has 0 radical (unpaired) electrons. The summed E-state index contributed by atoms with van der Waals surface area (Å²) in [4.78, 5) is 12.8. The maximum absolute atomic E-state index is 14.9. The first kappa shape index (κ1) is 20.3. The van der Waals surface area contributed by atoms with Crippen LogP contribution in [0.5, 0.6) is 0 Å². The van der Waals surface area contributed by atoms with Crippen LogP contribution in [0.4, 0.5) is 0 Å². The lowest BCUT2D eigenvalue weighted by Crippen LogP contribution is -2.34. The minimum Gasteiger partial charge on any atom is -0.463 e. The number of esters is 1. The van der Waals surface area contributed by atoms with Gasteiger partial charge >= 0.3 is 5.97 Å². The van der Waals surface area contributed by atoms with Crippen molar-refractivity contribution in [3.8, 4) is 0 Å². The number of carbonyl (C=O) groups is 1. The van der Waals surface area contributed by atoms with Gasteiger partial charge in [0.05, 0.1) is 18.2 Å². The Morgan fingerprint density at radius 2 is 1.40 bits per heavy atom. The largest absolute Gasteiger partial charge is 0.463 e. The van der Waals surface area contributed by atoms with Crippen molar-refractivity contribution >= 4 is 23.9 Å². The molecule has 4 rings (SSSR count). The highest BCUT2D eigenvalue weighted by molar-refractivity contribution is 7.76. The molecule has 0 bridgehead atoms. The molecule has 1 heterocycles. The number of benzene rings is 3. The van der Waals surface area contributed by atoms with Gasteiger partial charge in [-0.05, 0) is 36.8 Å². The average molecular weight is 417 g/mol. The fourth-order valence-electron chi connectivity index (χ4n) is 3.95. The van der Waals surface area contributed by atoms with E-state index >= 15 is 0 Å². The Labute approximate surface area is 177 Å². The smallest absolute Gasteiger partial charge is 0.335 e. The fraction of sp³-hybridized carbons (Fsp3) is 0.160. The van der Waals surface area contributed by atoms with Crippen LogP contribution in [0.1, 0.15) is 18.5 Å². The van der Waals surface area contributed by atoms with E-state index in [1.54, 1.807) is 6.92 Å². The second kappa shape index (κ2) is 8.83. The maximum atomic E-state index is 14.9. The molecule has 3 aromatic rings. The zero-order valence-corrected chi connectivity index (χ0v) is 17.7. The van der Waals surface area contributed by atoms with Gasteiger partial charge in [-0.2, -0.15) is 0 Å². The first-order valence-corrected chi connectivity index (χ1v) is 11.7. The Morgan fingerprint density at radius 1 is 0.900 bits per heavy atom. The lowest BCUT2D eigenvalue weighted by atomic mass is 10.0. The Balaban J connectivity index is 1.88. The van der Waals surface area contributed by atoms with Gasteiger partial charge in [0.25, 0.3) is 0 Å². The van der Waals surface area contributed by atoms with Gasteiger partial charge in [0, 0.05) is 17.2 Å². The normalized spacial score (nSPS) is 16.8. The van der Waals surface area contributed by atoms with Crippen LogP contribution in [0, 0.1) is 0 Å². The van der Waals surface area contributed by atoms with E-state index in [1.807, 2.05) is 102 Å². The van der Waals surface area contributed by atoms with Crippen molar-refractivity contribution in [1.29, 1.82) is 0 Å². The van der Waals surface area contributed by atoms with Crippen molar-refractivity contribution in [3.05, 3.63) is 108 Å². The quantitative estimate of drug-likeness (QED) is 0.439. The van der Waals surface area contributed by atoms with Crippen LogP contribution in [-0.2, 0) is 14.1 Å². The second-order valence-electron chi connectivity index (χ2n) is 7.06. The van der Waals surface area contributed by atoms with Gasteiger partial charge in [0.1, 0.15) is 0 Å². The molecule has 0 saturated carbocycles. The predicted octanol–water partition coefficient (Wildman–Crippen LogP) is 4.46. The Hall–Kier alpha value is -2.94. The maximum Gasteiger partial charge on any atom is 0.335 e. The molecule has 0 amide bonds. The van der Waals surface area contributed by atoms with Gasteiger partial charge in [-0.3, -0.25) is 4.57 Å². The van der Waals surface area contributed by atoms with Crippen LogP contribution < -0.4 is 10.6 Å². The lowest BCUT2D eigenvalue weighted by Gasteiger charge is -2.35. The zero-order chi connectivity index (χ0) is 21.0. The third-order valence-corrected chi connectivity index (χ3v) is 8.41. The molecular weight excluding hydrogens is 393 g/mol. The van der Waals surface area contributed by atoms with E-state index in [0.29, 0.717) is 18.7 Å². The average Bonchev–Trinajstić information content (AvgIpc) is 3.26. The fourth-order valence-corrected chi connectivity index (χ4v) is 6.89. The van der Waals surface area contributed by atoms with Crippen LogP contribution in [-0.4, -0.2) is 23.8 Å². The number of rotatable bonds is 6. The SMILES string of the molecule is CCOC(=O)C1=CCN(P(=O)(c2ccccc2)c2ccccc2)C1c1ccccc1. The molecule has 0 aliphatic carbocycles. The third kappa shape index (κ3) is 3.65. The molecule has 0 saturated heterocycles. The molecule has 0 fully saturated rings. The molecule has 0 spiro atoms. The van der Waals surface area contributed by atoms with Crippen molar-refractivity contribution in [2.45, 2.75) is 13.0 Å². The van der Waals surface area contributed by atoms with E-state index in [4.69, 9.17) is 4.74 Å². The molecular formula is C25H24NO3P. The highest BCUT2D eigenvalue weighted by Gasteiger charge is 2.45. The van der Waals surface area contributed by atoms with Crippen molar-refractivity contribution < 1.29 is 14.1 Å². The number of hydrogen-bond acceptors (Lipinski definition) is 3. The Morgan fingerprint density at radius 3 is 1.90 bits per heavy atom. The van der Waals surface area contributed by atoms with E-state index in [9.17, 15) is 9.36 Å². The number of carbonyl (C=O) groups excluding carboxylic acids is 1. The number of nitrogens with zero attached hydrogens (tertiary/aromatic N) is 1. The van der Waals surface area contributed by atoms with E-state index in [-0.39, 0.29) is 5.97 Å². The molecule has 30 heavy (non-hydrogen) atoms. The standard InChI is InChI=1S/C25H24NO3P/c1-2-29-25(27)23-18-19-26(24(23)20-12-6-3-7-13-20)30(28,21-14-8-4-9-15-21)22-16-10-5-11-17-22/h3-18,24H,2,19H2,1H3. The van der Waals surface area contributed by atoms with Crippen molar-refractivity contribution in [1.82, 2.24) is 4.67 Å². The molecule has 1 aliphatic rings. The summed E-state index contributed by atoms with van der Waals surface area (Å²) in [5.74, 6) is -0.360. The van der Waals surface area contributed by atoms with Gasteiger partial charge in [-0.25, -0.2) is 9.46 Å². The Kier molecular flexibility index (Phi) is 5.98. The van der Waals surface area contributed by atoms with Gasteiger partial charge in [0.15, 0.2) is 0 Å². The minimum absolute atomic E-state index is 0.298. The van der Waals surface area contributed by atoms with Crippen LogP contribution in [0.25, 0.3) is 0 Å². The molecule has 0 N–H and O–H groups in total. The summed E-state index contributed by atoms with van der Waals surface area (Å²) in [5, 5.41) is 1.49. The molecule has 4 nitrogen and oxygen atoms in total. The molecule has 1 atom stereocenters. The first-order valence-electron chi connectivity index (χ1n) is 10.1. The summed E-state index contributed by atoms with van der Waals surface area (Å²) in [6.07, 6.45) is 1.86. The van der Waals surface area contributed by atoms with E-state index < -0.39 is 13.3 Å². The molecule has 152 valence electrons. The first-order chi connectivity index (χ1) is 14.7. The van der Waals surface area contributed by atoms with Gasteiger partial charge in [-0.15, -0.1) is 0 Å². The van der Waals surface area contributed by atoms with Crippen molar-refractivity contribution in [2.24, 2.45) is 0 Å². The molecule has 0 aromatic heterocycles. The summed E-state index contributed by atoms with van der Waals surface area (Å²) < 4.78 is 22.2. The Bertz CT molecular complexity index is 1040. The predicted molar refractivity (Wildman–Crippen MR) is 120 cm³/mol. The topological polar surface area (TPSA) is 46.6 Å². The zero-order valence-electron chi connectivity index (χ0n) is 16.8. The molecule has 5 heteroatoms. The number of hydrogen-bond donors (Lipinski definition) is 0. The molecule has 1 aliphatic heterocycles. The number of ether oxygens (including phenoxy) is 1.